The largest absolute Gasteiger partial charge is 0.380 e. The Balaban J connectivity index is 1.85. The van der Waals surface area contributed by atoms with E-state index in [2.05, 4.69) is 50.4 Å². The summed E-state index contributed by atoms with van der Waals surface area (Å²) in [7, 11) is 0. The average Bonchev–Trinajstić information content (AvgIpc) is 3.22. The van der Waals surface area contributed by atoms with E-state index in [0.29, 0.717) is 11.8 Å². The van der Waals surface area contributed by atoms with E-state index in [0.717, 1.165) is 32.2 Å². The zero-order chi connectivity index (χ0) is 14.4. The van der Waals surface area contributed by atoms with Crippen LogP contribution in [0.5, 0.6) is 0 Å². The van der Waals surface area contributed by atoms with E-state index >= 15 is 0 Å². The number of ether oxygens (including phenoxy) is 1. The predicted octanol–water partition coefficient (Wildman–Crippen LogP) is 3.75. The van der Waals surface area contributed by atoms with Crippen LogP contribution in [0.2, 0.25) is 0 Å². The molecule has 1 aliphatic rings. The topological polar surface area (TPSA) is 21.3 Å². The Labute approximate surface area is 123 Å². The third-order valence-electron chi connectivity index (χ3n) is 3.86. The first kappa shape index (κ1) is 15.5. The van der Waals surface area contributed by atoms with E-state index in [1.165, 1.54) is 24.0 Å². The summed E-state index contributed by atoms with van der Waals surface area (Å²) in [4.78, 5) is 0. The molecule has 1 saturated carbocycles. The summed E-state index contributed by atoms with van der Waals surface area (Å²) in [6.07, 6.45) is 2.72. The van der Waals surface area contributed by atoms with E-state index in [1.807, 2.05) is 0 Å². The average molecular weight is 275 g/mol. The maximum absolute atomic E-state index is 5.92. The predicted molar refractivity (Wildman–Crippen MR) is 85.2 cm³/mol. The van der Waals surface area contributed by atoms with Crippen molar-refractivity contribution in [3.05, 3.63) is 35.4 Å². The number of rotatable bonds is 9. The van der Waals surface area contributed by atoms with Gasteiger partial charge in [-0.05, 0) is 43.7 Å². The van der Waals surface area contributed by atoms with Crippen LogP contribution in [0.4, 0.5) is 0 Å². The van der Waals surface area contributed by atoms with E-state index < -0.39 is 0 Å². The minimum absolute atomic E-state index is 0.466. The van der Waals surface area contributed by atoms with Crippen LogP contribution in [-0.4, -0.2) is 26.3 Å². The second kappa shape index (κ2) is 7.80. The van der Waals surface area contributed by atoms with E-state index in [9.17, 15) is 0 Å². The van der Waals surface area contributed by atoms with Gasteiger partial charge in [0.2, 0.25) is 0 Å². The summed E-state index contributed by atoms with van der Waals surface area (Å²) in [6, 6.07) is 8.90. The lowest BCUT2D eigenvalue weighted by molar-refractivity contribution is 0.110. The van der Waals surface area contributed by atoms with E-state index in [1.54, 1.807) is 0 Å². The van der Waals surface area contributed by atoms with Crippen molar-refractivity contribution in [3.63, 3.8) is 0 Å². The van der Waals surface area contributed by atoms with Crippen molar-refractivity contribution in [1.29, 1.82) is 0 Å². The molecule has 1 aromatic rings. The van der Waals surface area contributed by atoms with Crippen molar-refractivity contribution in [3.8, 4) is 0 Å². The van der Waals surface area contributed by atoms with Crippen molar-refractivity contribution in [2.75, 3.05) is 26.3 Å². The molecule has 0 radical (unpaired) electrons. The molecule has 0 amide bonds. The van der Waals surface area contributed by atoms with Gasteiger partial charge in [0, 0.05) is 19.1 Å². The van der Waals surface area contributed by atoms with Crippen molar-refractivity contribution < 1.29 is 4.74 Å². The van der Waals surface area contributed by atoms with Crippen molar-refractivity contribution in [2.24, 2.45) is 11.8 Å². The first-order chi connectivity index (χ1) is 9.65. The molecule has 0 spiro atoms. The third kappa shape index (κ3) is 5.64. The molecule has 1 atom stereocenters. The van der Waals surface area contributed by atoms with Gasteiger partial charge in [0.05, 0.1) is 6.61 Å². The highest BCUT2D eigenvalue weighted by Crippen LogP contribution is 2.29. The van der Waals surface area contributed by atoms with Gasteiger partial charge in [-0.2, -0.15) is 0 Å². The fourth-order valence-electron chi connectivity index (χ4n) is 2.32. The Morgan fingerprint density at radius 3 is 2.45 bits per heavy atom. The van der Waals surface area contributed by atoms with Gasteiger partial charge in [-0.25, -0.2) is 0 Å². The maximum Gasteiger partial charge on any atom is 0.0547 e. The van der Waals surface area contributed by atoms with Crippen LogP contribution >= 0.6 is 0 Å². The van der Waals surface area contributed by atoms with Gasteiger partial charge < -0.3 is 10.1 Å². The van der Waals surface area contributed by atoms with Gasteiger partial charge in [-0.3, -0.25) is 0 Å². The number of aryl methyl sites for hydroxylation is 1. The summed E-state index contributed by atoms with van der Waals surface area (Å²) in [6.45, 7) is 10.5. The Bertz CT molecular complexity index is 373. The van der Waals surface area contributed by atoms with Gasteiger partial charge in [0.15, 0.2) is 0 Å². The first-order valence-corrected chi connectivity index (χ1v) is 8.00. The van der Waals surface area contributed by atoms with Crippen LogP contribution < -0.4 is 5.32 Å². The molecule has 112 valence electrons. The summed E-state index contributed by atoms with van der Waals surface area (Å²) in [5.41, 5.74) is 2.71. The second-order valence-electron chi connectivity index (χ2n) is 6.64. The Kier molecular flexibility index (Phi) is 6.06. The maximum atomic E-state index is 5.92. The molecule has 0 saturated heterocycles. The van der Waals surface area contributed by atoms with Crippen LogP contribution in [0.15, 0.2) is 24.3 Å². The number of benzene rings is 1. The highest BCUT2D eigenvalue weighted by Gasteiger charge is 2.22. The molecule has 2 heteroatoms. The van der Waals surface area contributed by atoms with Crippen LogP contribution in [0.3, 0.4) is 0 Å². The minimum Gasteiger partial charge on any atom is -0.380 e. The molecule has 1 aliphatic carbocycles. The number of hydrogen-bond acceptors (Lipinski definition) is 2. The molecule has 0 heterocycles. The van der Waals surface area contributed by atoms with Crippen molar-refractivity contribution >= 4 is 0 Å². The standard InChI is InChI=1S/C18H29NO/c1-14(2)10-19-11-18(13-20-12-16-6-7-16)17-8-4-15(3)5-9-17/h4-5,8-9,14,16,18-19H,6-7,10-13H2,1-3H3. The zero-order valence-corrected chi connectivity index (χ0v) is 13.2. The smallest absolute Gasteiger partial charge is 0.0547 e. The summed E-state index contributed by atoms with van der Waals surface area (Å²) in [5.74, 6) is 2.01. The molecule has 0 bridgehead atoms. The molecule has 2 rings (SSSR count). The van der Waals surface area contributed by atoms with Gasteiger partial charge in [0.1, 0.15) is 0 Å². The Morgan fingerprint density at radius 2 is 1.85 bits per heavy atom. The molecule has 0 aliphatic heterocycles. The lowest BCUT2D eigenvalue weighted by Crippen LogP contribution is -2.28. The zero-order valence-electron chi connectivity index (χ0n) is 13.2. The van der Waals surface area contributed by atoms with E-state index in [-0.39, 0.29) is 0 Å². The minimum atomic E-state index is 0.466. The summed E-state index contributed by atoms with van der Waals surface area (Å²) < 4.78 is 5.92. The fraction of sp³-hybridized carbons (Fsp3) is 0.667. The highest BCUT2D eigenvalue weighted by atomic mass is 16.5. The molecule has 0 aromatic heterocycles. The van der Waals surface area contributed by atoms with Crippen LogP contribution in [-0.2, 0) is 4.74 Å². The molecular weight excluding hydrogens is 246 g/mol. The number of hydrogen-bond donors (Lipinski definition) is 1. The van der Waals surface area contributed by atoms with Gasteiger partial charge in [0.25, 0.3) is 0 Å². The van der Waals surface area contributed by atoms with Crippen LogP contribution in [0.25, 0.3) is 0 Å². The number of nitrogens with one attached hydrogen (secondary N) is 1. The normalized spacial score (nSPS) is 16.6. The summed E-state index contributed by atoms with van der Waals surface area (Å²) >= 11 is 0. The first-order valence-electron chi connectivity index (χ1n) is 8.00. The molecule has 1 N–H and O–H groups in total. The molecular formula is C18H29NO. The van der Waals surface area contributed by atoms with Gasteiger partial charge >= 0.3 is 0 Å². The van der Waals surface area contributed by atoms with Crippen LogP contribution in [0, 0.1) is 18.8 Å². The highest BCUT2D eigenvalue weighted by molar-refractivity contribution is 5.24. The molecule has 1 aromatic carbocycles. The van der Waals surface area contributed by atoms with Crippen molar-refractivity contribution in [1.82, 2.24) is 5.32 Å². The third-order valence-corrected chi connectivity index (χ3v) is 3.86. The molecule has 2 nitrogen and oxygen atoms in total. The fourth-order valence-corrected chi connectivity index (χ4v) is 2.32. The quantitative estimate of drug-likeness (QED) is 0.741. The van der Waals surface area contributed by atoms with E-state index in [4.69, 9.17) is 4.74 Å². The lowest BCUT2D eigenvalue weighted by Gasteiger charge is -2.19. The molecule has 20 heavy (non-hydrogen) atoms. The Morgan fingerprint density at radius 1 is 1.15 bits per heavy atom. The molecule has 1 fully saturated rings. The lowest BCUT2D eigenvalue weighted by atomic mass is 9.98. The molecule has 1 unspecified atom stereocenters. The Hall–Kier alpha value is -0.860. The monoisotopic (exact) mass is 275 g/mol. The SMILES string of the molecule is Cc1ccc(C(CNCC(C)C)COCC2CC2)cc1. The second-order valence-corrected chi connectivity index (χ2v) is 6.64. The van der Waals surface area contributed by atoms with Crippen molar-refractivity contribution in [2.45, 2.75) is 39.5 Å². The van der Waals surface area contributed by atoms with Crippen LogP contribution in [0.1, 0.15) is 43.7 Å². The van der Waals surface area contributed by atoms with Gasteiger partial charge in [-0.15, -0.1) is 0 Å². The van der Waals surface area contributed by atoms with Gasteiger partial charge in [-0.1, -0.05) is 43.7 Å². The summed E-state index contributed by atoms with van der Waals surface area (Å²) in [5, 5.41) is 3.57.